The first-order valence-corrected chi connectivity index (χ1v) is 12.3. The van der Waals surface area contributed by atoms with Crippen molar-refractivity contribution in [3.05, 3.63) is 88.5 Å². The molecule has 0 aromatic heterocycles. The lowest BCUT2D eigenvalue weighted by molar-refractivity contribution is -0.132. The van der Waals surface area contributed by atoms with Crippen molar-refractivity contribution >= 4 is 40.4 Å². The van der Waals surface area contributed by atoms with Crippen molar-refractivity contribution in [2.45, 2.75) is 19.4 Å². The van der Waals surface area contributed by atoms with Gasteiger partial charge in [-0.2, -0.15) is 0 Å². The van der Waals surface area contributed by atoms with Crippen molar-refractivity contribution < 1.29 is 24.2 Å². The van der Waals surface area contributed by atoms with E-state index in [2.05, 4.69) is 0 Å². The van der Waals surface area contributed by atoms with Crippen LogP contribution >= 0.6 is 11.6 Å². The van der Waals surface area contributed by atoms with Crippen molar-refractivity contribution in [3.8, 4) is 11.5 Å². The van der Waals surface area contributed by atoms with Crippen molar-refractivity contribution in [3.63, 3.8) is 0 Å². The van der Waals surface area contributed by atoms with Gasteiger partial charge in [0.2, 0.25) is 0 Å². The maximum absolute atomic E-state index is 13.5. The van der Waals surface area contributed by atoms with Gasteiger partial charge in [0.25, 0.3) is 11.7 Å². The number of aliphatic hydroxyl groups excluding tert-OH is 1. The van der Waals surface area contributed by atoms with Crippen LogP contribution in [-0.4, -0.2) is 44.6 Å². The van der Waals surface area contributed by atoms with E-state index in [1.54, 1.807) is 36.4 Å². The lowest BCUT2D eigenvalue weighted by atomic mass is 9.94. The Morgan fingerprint density at radius 3 is 2.43 bits per heavy atom. The summed E-state index contributed by atoms with van der Waals surface area (Å²) in [6, 6.07) is 18.4. The zero-order valence-electron chi connectivity index (χ0n) is 21.2. The van der Waals surface area contributed by atoms with Gasteiger partial charge in [0.05, 0.1) is 30.9 Å². The molecular weight excluding hydrogens is 492 g/mol. The Kier molecular flexibility index (Phi) is 7.74. The summed E-state index contributed by atoms with van der Waals surface area (Å²) >= 11 is 6.20. The number of hydrogen-bond donors (Lipinski definition) is 1. The molecule has 8 heteroatoms. The first kappa shape index (κ1) is 26.1. The van der Waals surface area contributed by atoms with E-state index >= 15 is 0 Å². The summed E-state index contributed by atoms with van der Waals surface area (Å²) in [6.07, 6.45) is 0.828. The lowest BCUT2D eigenvalue weighted by Crippen LogP contribution is -2.29. The molecule has 1 saturated heterocycles. The minimum Gasteiger partial charge on any atom is -0.507 e. The standard InChI is InChI=1S/C29H29ClN2O5/c1-5-15-37-22-8-6-7-21(17-22)32-26(18-9-12-20(13-10-18)31(2)3)25(28(34)29(32)35)27(33)23-16-19(30)11-14-24(23)36-4/h6-14,16-17,26,33H,5,15H2,1-4H3/b27-25+. The molecular formula is C29H29ClN2O5. The highest BCUT2D eigenvalue weighted by Gasteiger charge is 2.47. The highest BCUT2D eigenvalue weighted by atomic mass is 35.5. The average Bonchev–Trinajstić information content (AvgIpc) is 3.17. The molecule has 1 fully saturated rings. The minimum atomic E-state index is -0.888. The number of carbonyl (C=O) groups excluding carboxylic acids is 2. The number of halogens is 1. The number of ether oxygens (including phenoxy) is 2. The molecule has 0 radical (unpaired) electrons. The second-order valence-corrected chi connectivity index (χ2v) is 9.28. The number of benzene rings is 3. The summed E-state index contributed by atoms with van der Waals surface area (Å²) in [5.41, 5.74) is 2.26. The fraction of sp³-hybridized carbons (Fsp3) is 0.241. The van der Waals surface area contributed by atoms with E-state index in [4.69, 9.17) is 21.1 Å². The molecule has 1 N–H and O–H groups in total. The molecule has 0 saturated carbocycles. The summed E-state index contributed by atoms with van der Waals surface area (Å²) in [5, 5.41) is 11.8. The van der Waals surface area contributed by atoms with Crippen LogP contribution < -0.4 is 19.3 Å². The highest BCUT2D eigenvalue weighted by Crippen LogP contribution is 2.44. The summed E-state index contributed by atoms with van der Waals surface area (Å²) in [5.74, 6) is -1.01. The van der Waals surface area contributed by atoms with Crippen LogP contribution in [0.15, 0.2) is 72.3 Å². The van der Waals surface area contributed by atoms with Crippen molar-refractivity contribution in [2.24, 2.45) is 0 Å². The molecule has 1 aliphatic rings. The second-order valence-electron chi connectivity index (χ2n) is 8.85. The van der Waals surface area contributed by atoms with E-state index in [9.17, 15) is 14.7 Å². The van der Waals surface area contributed by atoms with Gasteiger partial charge in [-0.3, -0.25) is 14.5 Å². The van der Waals surface area contributed by atoms with E-state index < -0.39 is 17.7 Å². The molecule has 0 spiro atoms. The zero-order chi connectivity index (χ0) is 26.7. The Morgan fingerprint density at radius 2 is 1.78 bits per heavy atom. The van der Waals surface area contributed by atoms with E-state index in [1.165, 1.54) is 18.1 Å². The fourth-order valence-corrected chi connectivity index (χ4v) is 4.49. The summed E-state index contributed by atoms with van der Waals surface area (Å²) in [7, 11) is 5.31. The van der Waals surface area contributed by atoms with E-state index in [0.717, 1.165) is 12.1 Å². The second kappa shape index (κ2) is 11.0. The summed E-state index contributed by atoms with van der Waals surface area (Å²) < 4.78 is 11.2. The van der Waals surface area contributed by atoms with Gasteiger partial charge in [-0.25, -0.2) is 0 Å². The molecule has 1 heterocycles. The number of amides is 1. The number of anilines is 2. The molecule has 3 aromatic carbocycles. The van der Waals surface area contributed by atoms with E-state index in [0.29, 0.717) is 34.4 Å². The van der Waals surface area contributed by atoms with Gasteiger partial charge in [0.1, 0.15) is 17.3 Å². The molecule has 37 heavy (non-hydrogen) atoms. The van der Waals surface area contributed by atoms with Gasteiger partial charge in [-0.15, -0.1) is 0 Å². The maximum Gasteiger partial charge on any atom is 0.300 e. The molecule has 0 aliphatic carbocycles. The predicted octanol–water partition coefficient (Wildman–Crippen LogP) is 5.83. The van der Waals surface area contributed by atoms with Crippen molar-refractivity contribution in [2.75, 3.05) is 37.6 Å². The van der Waals surface area contributed by atoms with Crippen LogP contribution in [0.4, 0.5) is 11.4 Å². The van der Waals surface area contributed by atoms with Crippen molar-refractivity contribution in [1.29, 1.82) is 0 Å². The number of aliphatic hydroxyl groups is 1. The van der Waals surface area contributed by atoms with Crippen LogP contribution in [-0.2, 0) is 9.59 Å². The average molecular weight is 521 g/mol. The van der Waals surface area contributed by atoms with Gasteiger partial charge in [-0.05, 0) is 54.4 Å². The topological polar surface area (TPSA) is 79.3 Å². The molecule has 0 bridgehead atoms. The van der Waals surface area contributed by atoms with Gasteiger partial charge in [0, 0.05) is 36.6 Å². The molecule has 192 valence electrons. The molecule has 1 unspecified atom stereocenters. The third kappa shape index (κ3) is 5.13. The van der Waals surface area contributed by atoms with Crippen LogP contribution in [0.5, 0.6) is 11.5 Å². The van der Waals surface area contributed by atoms with E-state index in [-0.39, 0.29) is 16.9 Å². The Labute approximate surface area is 221 Å². The minimum absolute atomic E-state index is 0.0527. The SMILES string of the molecule is CCCOc1cccc(N2C(=O)C(=O)/C(=C(/O)c3cc(Cl)ccc3OC)C2c2ccc(N(C)C)cc2)c1. The largest absolute Gasteiger partial charge is 0.507 e. The first-order chi connectivity index (χ1) is 17.8. The Balaban J connectivity index is 1.93. The monoisotopic (exact) mass is 520 g/mol. The Bertz CT molecular complexity index is 1350. The maximum atomic E-state index is 13.5. The molecule has 1 atom stereocenters. The normalized spacial score (nSPS) is 16.7. The third-order valence-electron chi connectivity index (χ3n) is 6.15. The summed E-state index contributed by atoms with van der Waals surface area (Å²) in [6.45, 7) is 2.52. The third-order valence-corrected chi connectivity index (χ3v) is 6.39. The molecule has 1 amide bonds. The molecule has 7 nitrogen and oxygen atoms in total. The van der Waals surface area contributed by atoms with Gasteiger partial charge >= 0.3 is 0 Å². The molecule has 3 aromatic rings. The number of nitrogens with zero attached hydrogens (tertiary/aromatic N) is 2. The lowest BCUT2D eigenvalue weighted by Gasteiger charge is -2.26. The van der Waals surface area contributed by atoms with Crippen LogP contribution in [0.25, 0.3) is 5.76 Å². The van der Waals surface area contributed by atoms with Crippen molar-refractivity contribution in [1.82, 2.24) is 0 Å². The van der Waals surface area contributed by atoms with Crippen LogP contribution in [0.2, 0.25) is 5.02 Å². The smallest absolute Gasteiger partial charge is 0.300 e. The van der Waals surface area contributed by atoms with Crippen LogP contribution in [0.3, 0.4) is 0 Å². The molecule has 1 aliphatic heterocycles. The van der Waals surface area contributed by atoms with Gasteiger partial charge < -0.3 is 19.5 Å². The fourth-order valence-electron chi connectivity index (χ4n) is 4.32. The number of Topliss-reactive ketones (excluding diaryl/α,β-unsaturated/α-hetero) is 1. The highest BCUT2D eigenvalue weighted by molar-refractivity contribution is 6.51. The van der Waals surface area contributed by atoms with Gasteiger partial charge in [-0.1, -0.05) is 36.7 Å². The summed E-state index contributed by atoms with van der Waals surface area (Å²) in [4.78, 5) is 30.3. The first-order valence-electron chi connectivity index (χ1n) is 11.9. The number of hydrogen-bond acceptors (Lipinski definition) is 6. The quantitative estimate of drug-likeness (QED) is 0.229. The number of ketones is 1. The van der Waals surface area contributed by atoms with Crippen LogP contribution in [0, 0.1) is 0 Å². The predicted molar refractivity (Wildman–Crippen MR) is 146 cm³/mol. The Morgan fingerprint density at radius 1 is 1.05 bits per heavy atom. The molecule has 4 rings (SSSR count). The van der Waals surface area contributed by atoms with Crippen LogP contribution in [0.1, 0.15) is 30.5 Å². The number of rotatable bonds is 8. The zero-order valence-corrected chi connectivity index (χ0v) is 22.0. The van der Waals surface area contributed by atoms with E-state index in [1.807, 2.05) is 50.2 Å². The number of methoxy groups -OCH3 is 1. The number of carbonyl (C=O) groups is 2. The Hall–Kier alpha value is -3.97. The van der Waals surface area contributed by atoms with Gasteiger partial charge in [0.15, 0.2) is 0 Å².